The molecule has 0 aromatic heterocycles. The van der Waals surface area contributed by atoms with Crippen LogP contribution in [-0.2, 0) is 4.79 Å². The number of aromatic carboxylic acids is 1. The molecule has 1 aliphatic heterocycles. The van der Waals surface area contributed by atoms with Gasteiger partial charge in [-0.3, -0.25) is 19.8 Å². The van der Waals surface area contributed by atoms with Gasteiger partial charge in [-0.1, -0.05) is 12.1 Å². The highest BCUT2D eigenvalue weighted by molar-refractivity contribution is 8.18. The van der Waals surface area contributed by atoms with E-state index < -0.39 is 10.9 Å². The second-order valence-electron chi connectivity index (χ2n) is 6.14. The van der Waals surface area contributed by atoms with Crippen LogP contribution >= 0.6 is 11.8 Å². The number of nitro groups is 1. The maximum absolute atomic E-state index is 12.6. The van der Waals surface area contributed by atoms with E-state index in [9.17, 15) is 19.7 Å². The summed E-state index contributed by atoms with van der Waals surface area (Å²) in [6.07, 6.45) is 1.54. The molecule has 0 unspecified atom stereocenters. The highest BCUT2D eigenvalue weighted by Crippen LogP contribution is 2.35. The Hall–Kier alpha value is -3.66. The van der Waals surface area contributed by atoms with Crippen LogP contribution < -0.4 is 4.74 Å². The lowest BCUT2D eigenvalue weighted by Gasteiger charge is -2.07. The third-order valence-corrected chi connectivity index (χ3v) is 5.16. The van der Waals surface area contributed by atoms with Gasteiger partial charge in [0.25, 0.3) is 5.91 Å². The molecular weight excluding hydrogens is 410 g/mol. The molecule has 30 heavy (non-hydrogen) atoms. The number of carbonyl (C=O) groups is 2. The third kappa shape index (κ3) is 4.49. The van der Waals surface area contributed by atoms with Crippen molar-refractivity contribution in [3.05, 3.63) is 68.6 Å². The molecule has 2 aromatic carbocycles. The van der Waals surface area contributed by atoms with E-state index in [0.717, 1.165) is 11.8 Å². The second-order valence-corrected chi connectivity index (χ2v) is 7.15. The fraction of sp³-hybridized carbons (Fsp3) is 0.150. The van der Waals surface area contributed by atoms with Gasteiger partial charge in [-0.2, -0.15) is 0 Å². The predicted octanol–water partition coefficient (Wildman–Crippen LogP) is 3.93. The Bertz CT molecular complexity index is 1100. The summed E-state index contributed by atoms with van der Waals surface area (Å²) in [5, 5.41) is 20.8. The molecule has 0 saturated carbocycles. The lowest BCUT2D eigenvalue weighted by Crippen LogP contribution is -2.23. The number of thioether (sulfide) groups is 1. The zero-order chi connectivity index (χ0) is 21.8. The molecule has 0 spiro atoms. The third-order valence-electron chi connectivity index (χ3n) is 4.10. The van der Waals surface area contributed by atoms with Crippen LogP contribution in [0.4, 0.5) is 11.4 Å². The highest BCUT2D eigenvalue weighted by atomic mass is 32.2. The minimum Gasteiger partial charge on any atom is -0.487 e. The topological polar surface area (TPSA) is 122 Å². The normalized spacial score (nSPS) is 16.3. The first-order chi connectivity index (χ1) is 14.3. The highest BCUT2D eigenvalue weighted by Gasteiger charge is 2.30. The van der Waals surface area contributed by atoms with Gasteiger partial charge in [0.15, 0.2) is 10.9 Å². The molecular formula is C20H17N3O6S. The van der Waals surface area contributed by atoms with Crippen LogP contribution in [0.2, 0.25) is 0 Å². The zero-order valence-corrected chi connectivity index (χ0v) is 16.9. The lowest BCUT2D eigenvalue weighted by atomic mass is 10.1. The summed E-state index contributed by atoms with van der Waals surface area (Å²) < 4.78 is 5.27. The van der Waals surface area contributed by atoms with Crippen molar-refractivity contribution >= 4 is 46.3 Å². The van der Waals surface area contributed by atoms with Gasteiger partial charge in [-0.05, 0) is 54.6 Å². The Balaban J connectivity index is 1.91. The standard InChI is InChI=1S/C20H17N3O6S/c1-3-29-16-8-7-12(9-15(16)23(27)28)10-17-18(24)22(2)20(30-17)21-14-6-4-5-13(11-14)19(25)26/h4-11H,3H2,1-2H3,(H,25,26)/b17-10+,21-20?. The Morgan fingerprint density at radius 2 is 2.10 bits per heavy atom. The van der Waals surface area contributed by atoms with Gasteiger partial charge in [0.05, 0.1) is 27.7 Å². The van der Waals surface area contributed by atoms with Crippen molar-refractivity contribution in [3.63, 3.8) is 0 Å². The van der Waals surface area contributed by atoms with Crippen molar-refractivity contribution in [2.24, 2.45) is 4.99 Å². The number of hydrogen-bond donors (Lipinski definition) is 1. The number of nitrogens with zero attached hydrogens (tertiary/aromatic N) is 3. The summed E-state index contributed by atoms with van der Waals surface area (Å²) in [5.74, 6) is -1.23. The number of nitro benzene ring substituents is 1. The van der Waals surface area contributed by atoms with Crippen molar-refractivity contribution in [2.75, 3.05) is 13.7 Å². The van der Waals surface area contributed by atoms with Gasteiger partial charge in [0, 0.05) is 13.1 Å². The molecule has 1 N–H and O–H groups in total. The molecule has 1 amide bonds. The van der Waals surface area contributed by atoms with E-state index in [4.69, 9.17) is 9.84 Å². The number of benzene rings is 2. The number of carbonyl (C=O) groups excluding carboxylic acids is 1. The monoisotopic (exact) mass is 427 g/mol. The van der Waals surface area contributed by atoms with E-state index in [0.29, 0.717) is 27.9 Å². The number of likely N-dealkylation sites (N-methyl/N-ethyl adjacent to an activating group) is 1. The first kappa shape index (κ1) is 21.1. The summed E-state index contributed by atoms with van der Waals surface area (Å²) in [6.45, 7) is 2.03. The second kappa shape index (κ2) is 8.78. The van der Waals surface area contributed by atoms with Crippen LogP contribution in [0.15, 0.2) is 52.4 Å². The van der Waals surface area contributed by atoms with Gasteiger partial charge >= 0.3 is 11.7 Å². The van der Waals surface area contributed by atoms with E-state index in [1.54, 1.807) is 38.2 Å². The van der Waals surface area contributed by atoms with E-state index >= 15 is 0 Å². The first-order valence-corrected chi connectivity index (χ1v) is 9.62. The molecule has 0 atom stereocenters. The average Bonchev–Trinajstić information content (AvgIpc) is 2.97. The zero-order valence-electron chi connectivity index (χ0n) is 16.1. The van der Waals surface area contributed by atoms with Gasteiger partial charge in [0.2, 0.25) is 0 Å². The number of hydrogen-bond acceptors (Lipinski definition) is 7. The maximum atomic E-state index is 12.6. The van der Waals surface area contributed by atoms with E-state index in [2.05, 4.69) is 4.99 Å². The molecule has 154 valence electrons. The fourth-order valence-electron chi connectivity index (χ4n) is 2.67. The minimum absolute atomic E-state index is 0.0892. The summed E-state index contributed by atoms with van der Waals surface area (Å²) in [7, 11) is 1.55. The number of rotatable bonds is 6. The van der Waals surface area contributed by atoms with Crippen molar-refractivity contribution in [2.45, 2.75) is 6.92 Å². The molecule has 0 aliphatic carbocycles. The van der Waals surface area contributed by atoms with Crippen LogP contribution in [0.1, 0.15) is 22.8 Å². The van der Waals surface area contributed by atoms with Gasteiger partial charge in [-0.25, -0.2) is 9.79 Å². The SMILES string of the molecule is CCOc1ccc(/C=C2/SC(=Nc3cccc(C(=O)O)c3)N(C)C2=O)cc1[N+](=O)[O-]. The Morgan fingerprint density at radius 1 is 1.33 bits per heavy atom. The molecule has 3 rings (SSSR count). The molecule has 1 heterocycles. The molecule has 2 aromatic rings. The van der Waals surface area contributed by atoms with Crippen LogP contribution in [-0.4, -0.2) is 45.6 Å². The summed E-state index contributed by atoms with van der Waals surface area (Å²) in [5.41, 5.74) is 0.777. The number of amides is 1. The van der Waals surface area contributed by atoms with Crippen molar-refractivity contribution < 1.29 is 24.4 Å². The largest absolute Gasteiger partial charge is 0.487 e. The maximum Gasteiger partial charge on any atom is 0.335 e. The molecule has 0 bridgehead atoms. The van der Waals surface area contributed by atoms with E-state index in [-0.39, 0.29) is 22.9 Å². The number of aliphatic imine (C=N–C) groups is 1. The average molecular weight is 427 g/mol. The van der Waals surface area contributed by atoms with Crippen molar-refractivity contribution in [3.8, 4) is 5.75 Å². The fourth-order valence-corrected chi connectivity index (χ4v) is 3.65. The number of carboxylic acid groups (broad SMARTS) is 1. The minimum atomic E-state index is -1.07. The lowest BCUT2D eigenvalue weighted by molar-refractivity contribution is -0.385. The predicted molar refractivity (Wildman–Crippen MR) is 113 cm³/mol. The Labute approximate surface area is 175 Å². The number of amidine groups is 1. The summed E-state index contributed by atoms with van der Waals surface area (Å²) in [6, 6.07) is 10.5. The number of carboxylic acids is 1. The van der Waals surface area contributed by atoms with Crippen LogP contribution in [0.3, 0.4) is 0 Å². The van der Waals surface area contributed by atoms with E-state index in [1.165, 1.54) is 29.2 Å². The first-order valence-electron chi connectivity index (χ1n) is 8.81. The summed E-state index contributed by atoms with van der Waals surface area (Å²) >= 11 is 1.10. The van der Waals surface area contributed by atoms with Crippen LogP contribution in [0.5, 0.6) is 5.75 Å². The van der Waals surface area contributed by atoms with Crippen LogP contribution in [0, 0.1) is 10.1 Å². The number of ether oxygens (including phenoxy) is 1. The Morgan fingerprint density at radius 3 is 2.77 bits per heavy atom. The van der Waals surface area contributed by atoms with Crippen molar-refractivity contribution in [1.82, 2.24) is 4.90 Å². The molecule has 9 nitrogen and oxygen atoms in total. The van der Waals surface area contributed by atoms with Crippen LogP contribution in [0.25, 0.3) is 6.08 Å². The molecule has 1 fully saturated rings. The van der Waals surface area contributed by atoms with Gasteiger partial charge in [-0.15, -0.1) is 0 Å². The van der Waals surface area contributed by atoms with Gasteiger partial charge in [0.1, 0.15) is 0 Å². The molecule has 10 heteroatoms. The quantitative estimate of drug-likeness (QED) is 0.421. The molecule has 0 radical (unpaired) electrons. The molecule has 1 aliphatic rings. The van der Waals surface area contributed by atoms with Gasteiger partial charge < -0.3 is 9.84 Å². The summed E-state index contributed by atoms with van der Waals surface area (Å²) in [4.78, 5) is 40.5. The van der Waals surface area contributed by atoms with Crippen molar-refractivity contribution in [1.29, 1.82) is 0 Å². The Kier molecular flexibility index (Phi) is 6.17. The van der Waals surface area contributed by atoms with E-state index in [1.807, 2.05) is 0 Å². The molecule has 1 saturated heterocycles. The smallest absolute Gasteiger partial charge is 0.335 e.